The van der Waals surface area contributed by atoms with Crippen molar-refractivity contribution < 1.29 is 9.47 Å². The van der Waals surface area contributed by atoms with Gasteiger partial charge < -0.3 is 14.8 Å². The smallest absolute Gasteiger partial charge is 0.213 e. The third kappa shape index (κ3) is 3.68. The van der Waals surface area contributed by atoms with Gasteiger partial charge in [-0.25, -0.2) is 4.98 Å². The Bertz CT molecular complexity index is 393. The fourth-order valence-corrected chi connectivity index (χ4v) is 2.32. The topological polar surface area (TPSA) is 43.4 Å². The molecule has 2 heterocycles. The van der Waals surface area contributed by atoms with Crippen LogP contribution < -0.4 is 10.1 Å². The van der Waals surface area contributed by atoms with Gasteiger partial charge in [0.05, 0.1) is 18.4 Å². The molecular weight excluding hydrogens is 228 g/mol. The Balaban J connectivity index is 1.87. The quantitative estimate of drug-likeness (QED) is 0.889. The molecule has 0 aromatic carbocycles. The minimum Gasteiger partial charge on any atom is -0.481 e. The summed E-state index contributed by atoms with van der Waals surface area (Å²) in [6.45, 7) is 5.89. The Morgan fingerprint density at radius 1 is 1.50 bits per heavy atom. The summed E-state index contributed by atoms with van der Waals surface area (Å²) in [5.41, 5.74) is 0.996. The number of aromatic nitrogens is 1. The van der Waals surface area contributed by atoms with E-state index >= 15 is 0 Å². The Labute approximate surface area is 109 Å². The summed E-state index contributed by atoms with van der Waals surface area (Å²) in [5.74, 6) is 0.668. The zero-order valence-electron chi connectivity index (χ0n) is 11.4. The van der Waals surface area contributed by atoms with Crippen molar-refractivity contribution in [3.63, 3.8) is 0 Å². The third-order valence-corrected chi connectivity index (χ3v) is 3.26. The SMILES string of the molecule is COc1cccc(CNC2CCOC(C)(C)C2)n1. The second-order valence-electron chi connectivity index (χ2n) is 5.35. The fraction of sp³-hybridized carbons (Fsp3) is 0.643. The van der Waals surface area contributed by atoms with E-state index in [9.17, 15) is 0 Å². The monoisotopic (exact) mass is 250 g/mol. The first-order chi connectivity index (χ1) is 8.59. The zero-order valence-corrected chi connectivity index (χ0v) is 11.4. The van der Waals surface area contributed by atoms with Gasteiger partial charge in [0.15, 0.2) is 0 Å². The van der Waals surface area contributed by atoms with E-state index in [0.717, 1.165) is 31.7 Å². The van der Waals surface area contributed by atoms with Gasteiger partial charge in [-0.2, -0.15) is 0 Å². The van der Waals surface area contributed by atoms with Crippen molar-refractivity contribution in [2.75, 3.05) is 13.7 Å². The molecule has 0 saturated carbocycles. The van der Waals surface area contributed by atoms with Crippen molar-refractivity contribution in [1.82, 2.24) is 10.3 Å². The molecule has 0 bridgehead atoms. The normalized spacial score (nSPS) is 22.7. The summed E-state index contributed by atoms with van der Waals surface area (Å²) in [6, 6.07) is 6.35. The first-order valence-electron chi connectivity index (χ1n) is 6.46. The molecule has 1 saturated heterocycles. The molecule has 1 aliphatic rings. The highest BCUT2D eigenvalue weighted by Gasteiger charge is 2.28. The largest absolute Gasteiger partial charge is 0.481 e. The average molecular weight is 250 g/mol. The molecule has 0 amide bonds. The second kappa shape index (κ2) is 5.67. The van der Waals surface area contributed by atoms with Crippen LogP contribution in [0, 0.1) is 0 Å². The molecule has 1 aromatic heterocycles. The molecule has 1 aliphatic heterocycles. The lowest BCUT2D eigenvalue weighted by atomic mass is 9.94. The van der Waals surface area contributed by atoms with Crippen molar-refractivity contribution >= 4 is 0 Å². The van der Waals surface area contributed by atoms with Gasteiger partial charge in [0.2, 0.25) is 5.88 Å². The summed E-state index contributed by atoms with van der Waals surface area (Å²) in [4.78, 5) is 4.40. The molecule has 1 fully saturated rings. The van der Waals surface area contributed by atoms with Gasteiger partial charge >= 0.3 is 0 Å². The van der Waals surface area contributed by atoms with Crippen LogP contribution in [-0.2, 0) is 11.3 Å². The number of hydrogen-bond acceptors (Lipinski definition) is 4. The van der Waals surface area contributed by atoms with Crippen LogP contribution in [0.2, 0.25) is 0 Å². The Hall–Kier alpha value is -1.13. The summed E-state index contributed by atoms with van der Waals surface area (Å²) >= 11 is 0. The van der Waals surface area contributed by atoms with Crippen molar-refractivity contribution in [3.05, 3.63) is 23.9 Å². The minimum atomic E-state index is -0.0161. The number of nitrogens with zero attached hydrogens (tertiary/aromatic N) is 1. The number of rotatable bonds is 4. The van der Waals surface area contributed by atoms with E-state index in [-0.39, 0.29) is 5.60 Å². The van der Waals surface area contributed by atoms with Gasteiger partial charge in [-0.3, -0.25) is 0 Å². The number of methoxy groups -OCH3 is 1. The predicted octanol–water partition coefficient (Wildman–Crippen LogP) is 2.14. The van der Waals surface area contributed by atoms with Crippen LogP contribution in [0.5, 0.6) is 5.88 Å². The van der Waals surface area contributed by atoms with Gasteiger partial charge in [-0.15, -0.1) is 0 Å². The van der Waals surface area contributed by atoms with E-state index in [4.69, 9.17) is 9.47 Å². The molecule has 1 aromatic rings. The lowest BCUT2D eigenvalue weighted by Crippen LogP contribution is -2.43. The van der Waals surface area contributed by atoms with Gasteiger partial charge in [-0.1, -0.05) is 6.07 Å². The van der Waals surface area contributed by atoms with Crippen LogP contribution in [-0.4, -0.2) is 30.3 Å². The molecule has 4 nitrogen and oxygen atoms in total. The van der Waals surface area contributed by atoms with Gasteiger partial charge in [-0.05, 0) is 32.8 Å². The van der Waals surface area contributed by atoms with Crippen LogP contribution in [0.1, 0.15) is 32.4 Å². The maximum atomic E-state index is 5.71. The lowest BCUT2D eigenvalue weighted by molar-refractivity contribution is -0.0631. The average Bonchev–Trinajstić information content (AvgIpc) is 2.35. The van der Waals surface area contributed by atoms with Crippen molar-refractivity contribution in [2.24, 2.45) is 0 Å². The molecule has 0 aliphatic carbocycles. The van der Waals surface area contributed by atoms with Crippen molar-refractivity contribution in [2.45, 2.75) is 44.9 Å². The molecule has 1 N–H and O–H groups in total. The van der Waals surface area contributed by atoms with Crippen LogP contribution in [0.3, 0.4) is 0 Å². The highest BCUT2D eigenvalue weighted by molar-refractivity contribution is 5.15. The van der Waals surface area contributed by atoms with Crippen LogP contribution in [0.15, 0.2) is 18.2 Å². The van der Waals surface area contributed by atoms with Crippen LogP contribution in [0.4, 0.5) is 0 Å². The second-order valence-corrected chi connectivity index (χ2v) is 5.35. The van der Waals surface area contributed by atoms with E-state index < -0.39 is 0 Å². The number of pyridine rings is 1. The first-order valence-corrected chi connectivity index (χ1v) is 6.46. The summed E-state index contributed by atoms with van der Waals surface area (Å²) in [7, 11) is 1.64. The molecule has 1 atom stereocenters. The maximum absolute atomic E-state index is 5.71. The fourth-order valence-electron chi connectivity index (χ4n) is 2.32. The molecule has 1 unspecified atom stereocenters. The highest BCUT2D eigenvalue weighted by atomic mass is 16.5. The van der Waals surface area contributed by atoms with Gasteiger partial charge in [0.25, 0.3) is 0 Å². The maximum Gasteiger partial charge on any atom is 0.213 e. The lowest BCUT2D eigenvalue weighted by Gasteiger charge is -2.35. The predicted molar refractivity (Wildman–Crippen MR) is 70.7 cm³/mol. The molecule has 2 rings (SSSR count). The third-order valence-electron chi connectivity index (χ3n) is 3.26. The molecule has 0 spiro atoms. The molecule has 100 valence electrons. The first kappa shape index (κ1) is 13.3. The highest BCUT2D eigenvalue weighted by Crippen LogP contribution is 2.24. The Morgan fingerprint density at radius 3 is 3.06 bits per heavy atom. The summed E-state index contributed by atoms with van der Waals surface area (Å²) in [5, 5.41) is 3.55. The van der Waals surface area contributed by atoms with E-state index in [1.54, 1.807) is 7.11 Å². The molecule has 18 heavy (non-hydrogen) atoms. The summed E-state index contributed by atoms with van der Waals surface area (Å²) < 4.78 is 10.8. The van der Waals surface area contributed by atoms with Crippen molar-refractivity contribution in [1.29, 1.82) is 0 Å². The molecular formula is C14H22N2O2. The number of hydrogen-bond donors (Lipinski definition) is 1. The minimum absolute atomic E-state index is 0.0161. The molecule has 0 radical (unpaired) electrons. The van der Waals surface area contributed by atoms with Crippen LogP contribution >= 0.6 is 0 Å². The number of nitrogens with one attached hydrogen (secondary N) is 1. The molecule has 4 heteroatoms. The van der Waals surface area contributed by atoms with Gasteiger partial charge in [0.1, 0.15) is 0 Å². The van der Waals surface area contributed by atoms with E-state index in [0.29, 0.717) is 11.9 Å². The van der Waals surface area contributed by atoms with Crippen LogP contribution in [0.25, 0.3) is 0 Å². The number of ether oxygens (including phenoxy) is 2. The van der Waals surface area contributed by atoms with Crippen molar-refractivity contribution in [3.8, 4) is 5.88 Å². The Kier molecular flexibility index (Phi) is 4.19. The Morgan fingerprint density at radius 2 is 2.33 bits per heavy atom. The van der Waals surface area contributed by atoms with E-state index in [1.165, 1.54) is 0 Å². The zero-order chi connectivity index (χ0) is 13.0. The van der Waals surface area contributed by atoms with E-state index in [2.05, 4.69) is 24.1 Å². The summed E-state index contributed by atoms with van der Waals surface area (Å²) in [6.07, 6.45) is 2.10. The standard InChI is InChI=1S/C14H22N2O2/c1-14(2)9-11(7-8-18-14)15-10-12-5-4-6-13(16-12)17-3/h4-6,11,15H,7-10H2,1-3H3. The van der Waals surface area contributed by atoms with Gasteiger partial charge in [0, 0.05) is 25.3 Å². The van der Waals surface area contributed by atoms with E-state index in [1.807, 2.05) is 18.2 Å².